The van der Waals surface area contributed by atoms with E-state index in [1.54, 1.807) is 0 Å². The van der Waals surface area contributed by atoms with Crippen molar-refractivity contribution in [2.75, 3.05) is 13.1 Å². The number of hydrogen-bond acceptors (Lipinski definition) is 6. The van der Waals surface area contributed by atoms with Crippen molar-refractivity contribution in [3.8, 4) is 0 Å². The van der Waals surface area contributed by atoms with Gasteiger partial charge in [0.25, 0.3) is 0 Å². The summed E-state index contributed by atoms with van der Waals surface area (Å²) in [5.74, 6) is 1.88. The summed E-state index contributed by atoms with van der Waals surface area (Å²) in [6.45, 7) is 6.19. The summed E-state index contributed by atoms with van der Waals surface area (Å²) in [6.07, 6.45) is 7.43. The van der Waals surface area contributed by atoms with Crippen molar-refractivity contribution in [3.63, 3.8) is 0 Å². The Hall–Kier alpha value is -2.28. The van der Waals surface area contributed by atoms with Gasteiger partial charge in [-0.25, -0.2) is 9.97 Å². The Bertz CT molecular complexity index is 806. The summed E-state index contributed by atoms with van der Waals surface area (Å²) in [6, 6.07) is 0.277. The third-order valence-corrected chi connectivity index (χ3v) is 5.70. The molecule has 2 aliphatic heterocycles. The van der Waals surface area contributed by atoms with Crippen LogP contribution < -0.4 is 5.32 Å². The van der Waals surface area contributed by atoms with E-state index in [0.29, 0.717) is 19.4 Å². The lowest BCUT2D eigenvalue weighted by atomic mass is 10.0. The van der Waals surface area contributed by atoms with Gasteiger partial charge in [0.1, 0.15) is 11.6 Å². The third kappa shape index (κ3) is 3.88. The standard InChI is InChI=1S/C20H27N5O2/c1-13-16(14(2)27-24-13)6-7-19(26)25-10-8-17-15(12-25)11-22-20(23-17)18-5-3-4-9-21-18/h11,18,21H,3-10,12H2,1-2H3/t18-/m0/s1. The van der Waals surface area contributed by atoms with Crippen molar-refractivity contribution < 1.29 is 9.32 Å². The molecule has 1 saturated heterocycles. The molecule has 0 unspecified atom stereocenters. The lowest BCUT2D eigenvalue weighted by molar-refractivity contribution is -0.132. The molecule has 7 nitrogen and oxygen atoms in total. The van der Waals surface area contributed by atoms with Crippen LogP contribution >= 0.6 is 0 Å². The first-order valence-corrected chi connectivity index (χ1v) is 9.89. The number of aryl methyl sites for hydroxylation is 2. The highest BCUT2D eigenvalue weighted by Gasteiger charge is 2.25. The molecule has 0 radical (unpaired) electrons. The lowest BCUT2D eigenvalue weighted by Gasteiger charge is -2.29. The molecule has 4 rings (SSSR count). The number of amides is 1. The molecule has 0 aromatic carbocycles. The van der Waals surface area contributed by atoms with Gasteiger partial charge in [0, 0.05) is 43.3 Å². The third-order valence-electron chi connectivity index (χ3n) is 5.70. The van der Waals surface area contributed by atoms with Gasteiger partial charge < -0.3 is 14.7 Å². The average molecular weight is 369 g/mol. The van der Waals surface area contributed by atoms with Gasteiger partial charge in [0.05, 0.1) is 17.4 Å². The molecule has 2 aliphatic rings. The van der Waals surface area contributed by atoms with Crippen LogP contribution in [0.15, 0.2) is 10.7 Å². The van der Waals surface area contributed by atoms with Crippen molar-refractivity contribution in [1.29, 1.82) is 0 Å². The SMILES string of the molecule is Cc1noc(C)c1CCC(=O)N1CCc2nc([C@@H]3CCCCN3)ncc2C1. The topological polar surface area (TPSA) is 84.2 Å². The number of carbonyl (C=O) groups is 1. The van der Waals surface area contributed by atoms with Crippen LogP contribution in [0.4, 0.5) is 0 Å². The number of nitrogens with one attached hydrogen (secondary N) is 1. The van der Waals surface area contributed by atoms with Crippen molar-refractivity contribution in [2.24, 2.45) is 0 Å². The van der Waals surface area contributed by atoms with Crippen LogP contribution in [-0.4, -0.2) is 39.0 Å². The van der Waals surface area contributed by atoms with Gasteiger partial charge in [0.2, 0.25) is 5.91 Å². The predicted molar refractivity (Wildman–Crippen MR) is 100 cm³/mol. The molecule has 0 bridgehead atoms. The van der Waals surface area contributed by atoms with Crippen molar-refractivity contribution in [3.05, 3.63) is 40.3 Å². The second kappa shape index (κ2) is 7.76. The predicted octanol–water partition coefficient (Wildman–Crippen LogP) is 2.41. The van der Waals surface area contributed by atoms with Crippen LogP contribution in [-0.2, 0) is 24.2 Å². The van der Waals surface area contributed by atoms with E-state index in [1.807, 2.05) is 24.9 Å². The molecule has 27 heavy (non-hydrogen) atoms. The number of carbonyl (C=O) groups excluding carboxylic acids is 1. The molecular weight excluding hydrogens is 342 g/mol. The van der Waals surface area contributed by atoms with Crippen LogP contribution in [0.25, 0.3) is 0 Å². The molecule has 1 amide bonds. The van der Waals surface area contributed by atoms with E-state index in [1.165, 1.54) is 12.8 Å². The molecule has 1 atom stereocenters. The smallest absolute Gasteiger partial charge is 0.223 e. The summed E-state index contributed by atoms with van der Waals surface area (Å²) in [7, 11) is 0. The van der Waals surface area contributed by atoms with E-state index in [-0.39, 0.29) is 11.9 Å². The largest absolute Gasteiger partial charge is 0.361 e. The molecule has 2 aromatic rings. The lowest BCUT2D eigenvalue weighted by Crippen LogP contribution is -2.37. The fraction of sp³-hybridized carbons (Fsp3) is 0.600. The van der Waals surface area contributed by atoms with E-state index >= 15 is 0 Å². The summed E-state index contributed by atoms with van der Waals surface area (Å²) in [5, 5.41) is 7.47. The average Bonchev–Trinajstić information content (AvgIpc) is 3.03. The Balaban J connectivity index is 1.38. The van der Waals surface area contributed by atoms with Crippen molar-refractivity contribution in [2.45, 2.75) is 65.0 Å². The number of piperidine rings is 1. The minimum absolute atomic E-state index is 0.165. The molecule has 1 fully saturated rings. The van der Waals surface area contributed by atoms with Crippen molar-refractivity contribution in [1.82, 2.24) is 25.3 Å². The summed E-state index contributed by atoms with van der Waals surface area (Å²) < 4.78 is 5.18. The Labute approximate surface area is 159 Å². The summed E-state index contributed by atoms with van der Waals surface area (Å²) in [5.41, 5.74) is 4.10. The first-order chi connectivity index (χ1) is 13.1. The molecule has 1 N–H and O–H groups in total. The van der Waals surface area contributed by atoms with Gasteiger partial charge in [-0.2, -0.15) is 0 Å². The maximum atomic E-state index is 12.7. The Morgan fingerprint density at radius 2 is 2.26 bits per heavy atom. The zero-order chi connectivity index (χ0) is 18.8. The molecule has 2 aromatic heterocycles. The van der Waals surface area contributed by atoms with Crippen LogP contribution in [0.5, 0.6) is 0 Å². The molecule has 144 valence electrons. The summed E-state index contributed by atoms with van der Waals surface area (Å²) >= 11 is 0. The maximum absolute atomic E-state index is 12.7. The van der Waals surface area contributed by atoms with Crippen LogP contribution in [0, 0.1) is 13.8 Å². The van der Waals surface area contributed by atoms with Gasteiger partial charge in [-0.15, -0.1) is 0 Å². The number of rotatable bonds is 4. The fourth-order valence-corrected chi connectivity index (χ4v) is 4.03. The number of aromatic nitrogens is 3. The quantitative estimate of drug-likeness (QED) is 0.891. The van der Waals surface area contributed by atoms with Gasteiger partial charge in [0.15, 0.2) is 0 Å². The van der Waals surface area contributed by atoms with Crippen molar-refractivity contribution >= 4 is 5.91 Å². The zero-order valence-corrected chi connectivity index (χ0v) is 16.1. The first-order valence-electron chi connectivity index (χ1n) is 9.89. The minimum Gasteiger partial charge on any atom is -0.361 e. The highest BCUT2D eigenvalue weighted by Crippen LogP contribution is 2.24. The Kier molecular flexibility index (Phi) is 5.20. The molecular formula is C20H27N5O2. The zero-order valence-electron chi connectivity index (χ0n) is 16.1. The van der Waals surface area contributed by atoms with Gasteiger partial charge in [-0.1, -0.05) is 11.6 Å². The second-order valence-electron chi connectivity index (χ2n) is 7.57. The molecule has 0 aliphatic carbocycles. The molecule has 0 spiro atoms. The van der Waals surface area contributed by atoms with Crippen LogP contribution in [0.2, 0.25) is 0 Å². The van der Waals surface area contributed by atoms with Gasteiger partial charge >= 0.3 is 0 Å². The van der Waals surface area contributed by atoms with E-state index in [2.05, 4.69) is 15.5 Å². The highest BCUT2D eigenvalue weighted by atomic mass is 16.5. The number of nitrogens with zero attached hydrogens (tertiary/aromatic N) is 4. The Morgan fingerprint density at radius 3 is 3.00 bits per heavy atom. The normalized spacial score (nSPS) is 19.8. The second-order valence-corrected chi connectivity index (χ2v) is 7.57. The molecule has 7 heteroatoms. The molecule has 0 saturated carbocycles. The minimum atomic E-state index is 0.165. The van der Waals surface area contributed by atoms with Gasteiger partial charge in [-0.05, 0) is 39.7 Å². The molecule has 4 heterocycles. The van der Waals surface area contributed by atoms with Crippen LogP contribution in [0.1, 0.15) is 65.8 Å². The highest BCUT2D eigenvalue weighted by molar-refractivity contribution is 5.76. The first kappa shape index (κ1) is 18.1. The summed E-state index contributed by atoms with van der Waals surface area (Å²) in [4.78, 5) is 24.0. The van der Waals surface area contributed by atoms with E-state index in [9.17, 15) is 4.79 Å². The monoisotopic (exact) mass is 369 g/mol. The number of fused-ring (bicyclic) bond motifs is 1. The van der Waals surface area contributed by atoms with Gasteiger partial charge in [-0.3, -0.25) is 4.79 Å². The number of hydrogen-bond donors (Lipinski definition) is 1. The van der Waals surface area contributed by atoms with E-state index < -0.39 is 0 Å². The van der Waals surface area contributed by atoms with E-state index in [4.69, 9.17) is 9.51 Å². The van der Waals surface area contributed by atoms with E-state index in [0.717, 1.165) is 60.0 Å². The van der Waals surface area contributed by atoms with Crippen LogP contribution in [0.3, 0.4) is 0 Å². The fourth-order valence-electron chi connectivity index (χ4n) is 4.03. The maximum Gasteiger partial charge on any atom is 0.223 e. The Morgan fingerprint density at radius 1 is 1.37 bits per heavy atom.